The first-order valence-corrected chi connectivity index (χ1v) is 7.54. The quantitative estimate of drug-likeness (QED) is 0.466. The summed E-state index contributed by atoms with van der Waals surface area (Å²) < 4.78 is 10.3. The molecular formula is C12H9Cl4NO4. The molecule has 0 aromatic heterocycles. The molecule has 2 heterocycles. The van der Waals surface area contributed by atoms with Gasteiger partial charge in [-0.1, -0.05) is 46.4 Å². The molecule has 114 valence electrons. The second kappa shape index (κ2) is 5.42. The molecule has 0 unspecified atom stereocenters. The molecule has 0 aliphatic carbocycles. The smallest absolute Gasteiger partial charge is 0.344 e. The number of halogens is 4. The van der Waals surface area contributed by atoms with Crippen LogP contribution in [-0.4, -0.2) is 42.3 Å². The van der Waals surface area contributed by atoms with Crippen LogP contribution in [0.5, 0.6) is 0 Å². The van der Waals surface area contributed by atoms with E-state index in [4.69, 9.17) is 55.9 Å². The maximum Gasteiger partial charge on any atom is 0.344 e. The molecule has 9 heteroatoms. The summed E-state index contributed by atoms with van der Waals surface area (Å²) in [7, 11) is 0. The lowest BCUT2D eigenvalue weighted by Crippen LogP contribution is -2.51. The maximum atomic E-state index is 12.1. The van der Waals surface area contributed by atoms with Crippen molar-refractivity contribution in [2.75, 3.05) is 26.3 Å². The van der Waals surface area contributed by atoms with Crippen molar-refractivity contribution in [1.82, 2.24) is 4.90 Å². The third-order valence-corrected chi connectivity index (χ3v) is 5.27. The van der Waals surface area contributed by atoms with E-state index in [1.54, 1.807) is 0 Å². The van der Waals surface area contributed by atoms with Crippen molar-refractivity contribution < 1.29 is 19.4 Å². The number of benzene rings is 1. The van der Waals surface area contributed by atoms with Crippen molar-refractivity contribution in [3.8, 4) is 0 Å². The average Bonchev–Trinajstić information content (AvgIpc) is 2.76. The number of fused-ring (bicyclic) bond motifs is 1. The number of cyclic esters (lactones) is 1. The molecule has 21 heavy (non-hydrogen) atoms. The Morgan fingerprint density at radius 1 is 1.00 bits per heavy atom. The monoisotopic (exact) mass is 371 g/mol. The van der Waals surface area contributed by atoms with E-state index in [1.807, 2.05) is 0 Å². The Balaban J connectivity index is 2.21. The number of morpholine rings is 1. The van der Waals surface area contributed by atoms with Gasteiger partial charge in [-0.2, -0.15) is 0 Å². The van der Waals surface area contributed by atoms with E-state index >= 15 is 0 Å². The fourth-order valence-corrected chi connectivity index (χ4v) is 3.50. The molecule has 1 fully saturated rings. The molecular weight excluding hydrogens is 364 g/mol. The van der Waals surface area contributed by atoms with Crippen molar-refractivity contribution in [3.63, 3.8) is 0 Å². The molecule has 5 nitrogen and oxygen atoms in total. The van der Waals surface area contributed by atoms with Crippen molar-refractivity contribution in [2.24, 2.45) is 0 Å². The van der Waals surface area contributed by atoms with Crippen LogP contribution < -0.4 is 0 Å². The number of hydrogen-bond acceptors (Lipinski definition) is 5. The molecule has 0 saturated carbocycles. The first kappa shape index (κ1) is 15.6. The van der Waals surface area contributed by atoms with E-state index < -0.39 is 11.9 Å². The molecule has 2 aliphatic rings. The fraction of sp³-hybridized carbons (Fsp3) is 0.417. The van der Waals surface area contributed by atoms with Crippen LogP contribution in [0.1, 0.15) is 15.9 Å². The molecule has 0 radical (unpaired) electrons. The summed E-state index contributed by atoms with van der Waals surface area (Å²) in [5, 5.41) is 10.6. The lowest BCUT2D eigenvalue weighted by molar-refractivity contribution is -0.276. The van der Waals surface area contributed by atoms with Gasteiger partial charge in [0.2, 0.25) is 0 Å². The van der Waals surface area contributed by atoms with Gasteiger partial charge in [-0.3, -0.25) is 0 Å². The van der Waals surface area contributed by atoms with Gasteiger partial charge in [0.05, 0.1) is 44.4 Å². The Morgan fingerprint density at radius 3 is 2.19 bits per heavy atom. The number of carbonyl (C=O) groups is 1. The first-order valence-electron chi connectivity index (χ1n) is 6.03. The van der Waals surface area contributed by atoms with Gasteiger partial charge < -0.3 is 14.6 Å². The number of ether oxygens (including phenoxy) is 2. The van der Waals surface area contributed by atoms with Crippen molar-refractivity contribution in [3.05, 3.63) is 31.2 Å². The number of esters is 1. The van der Waals surface area contributed by atoms with Crippen LogP contribution in [-0.2, 0) is 15.4 Å². The second-order valence-electron chi connectivity index (χ2n) is 4.60. The zero-order valence-corrected chi connectivity index (χ0v) is 13.5. The van der Waals surface area contributed by atoms with E-state index in [1.165, 1.54) is 4.90 Å². The molecule has 1 aromatic rings. The predicted octanol–water partition coefficient (Wildman–Crippen LogP) is 2.91. The topological polar surface area (TPSA) is 59.0 Å². The van der Waals surface area contributed by atoms with Gasteiger partial charge in [0.15, 0.2) is 0 Å². The number of rotatable bonds is 1. The zero-order valence-electron chi connectivity index (χ0n) is 10.5. The standard InChI is InChI=1S/C12H9Cl4NO4/c13-7-5-6(8(14)10(16)9(7)15)12(19,21-11(5)18)17-1-3-20-4-2-17/h19H,1-4H2/t12-/m0/s1. The van der Waals surface area contributed by atoms with E-state index in [2.05, 4.69) is 0 Å². The summed E-state index contributed by atoms with van der Waals surface area (Å²) in [5.74, 6) is -2.82. The van der Waals surface area contributed by atoms with Crippen molar-refractivity contribution >= 4 is 52.4 Å². The Kier molecular flexibility index (Phi) is 4.03. The summed E-state index contributed by atoms with van der Waals surface area (Å²) in [4.78, 5) is 13.6. The highest BCUT2D eigenvalue weighted by molar-refractivity contribution is 6.53. The first-order chi connectivity index (χ1) is 9.88. The van der Waals surface area contributed by atoms with Crippen LogP contribution in [0, 0.1) is 0 Å². The van der Waals surface area contributed by atoms with Crippen molar-refractivity contribution in [2.45, 2.75) is 5.91 Å². The molecule has 1 saturated heterocycles. The van der Waals surface area contributed by atoms with Gasteiger partial charge in [-0.05, 0) is 0 Å². The minimum Gasteiger partial charge on any atom is -0.411 e. The SMILES string of the molecule is O=C1O[C@](O)(N2CCOCC2)c2c(Cl)c(Cl)c(Cl)c(Cl)c21. The average molecular weight is 373 g/mol. The van der Waals surface area contributed by atoms with Gasteiger partial charge in [-0.15, -0.1) is 0 Å². The van der Waals surface area contributed by atoms with Gasteiger partial charge in [0.1, 0.15) is 0 Å². The molecule has 2 aliphatic heterocycles. The highest BCUT2D eigenvalue weighted by Crippen LogP contribution is 2.50. The Labute approximate surface area is 140 Å². The molecule has 3 rings (SSSR count). The van der Waals surface area contributed by atoms with E-state index in [9.17, 15) is 9.90 Å². The Morgan fingerprint density at radius 2 is 1.57 bits per heavy atom. The van der Waals surface area contributed by atoms with Crippen molar-refractivity contribution in [1.29, 1.82) is 0 Å². The van der Waals surface area contributed by atoms with Gasteiger partial charge >= 0.3 is 11.9 Å². The highest BCUT2D eigenvalue weighted by Gasteiger charge is 2.53. The van der Waals surface area contributed by atoms with Crippen LogP contribution in [0.25, 0.3) is 0 Å². The number of hydrogen-bond donors (Lipinski definition) is 1. The third kappa shape index (κ3) is 2.23. The highest BCUT2D eigenvalue weighted by atomic mass is 35.5. The van der Waals surface area contributed by atoms with Crippen LogP contribution in [0.4, 0.5) is 0 Å². The molecule has 1 aromatic carbocycles. The van der Waals surface area contributed by atoms with Gasteiger partial charge in [0, 0.05) is 13.1 Å². The van der Waals surface area contributed by atoms with E-state index in [-0.39, 0.29) is 31.2 Å². The predicted molar refractivity (Wildman–Crippen MR) is 78.2 cm³/mol. The minimum absolute atomic E-state index is 0.0236. The van der Waals surface area contributed by atoms with Crippen LogP contribution in [0.2, 0.25) is 20.1 Å². The minimum atomic E-state index is -2.02. The van der Waals surface area contributed by atoms with Gasteiger partial charge in [-0.25, -0.2) is 9.69 Å². The largest absolute Gasteiger partial charge is 0.411 e. The number of carbonyl (C=O) groups excluding carboxylic acids is 1. The number of nitrogens with zero attached hydrogens (tertiary/aromatic N) is 1. The summed E-state index contributed by atoms with van der Waals surface area (Å²) >= 11 is 24.2. The van der Waals surface area contributed by atoms with Crippen LogP contribution in [0.3, 0.4) is 0 Å². The summed E-state index contributed by atoms with van der Waals surface area (Å²) in [5.41, 5.74) is -0.0412. The Bertz CT molecular complexity index is 632. The lowest BCUT2D eigenvalue weighted by atomic mass is 10.1. The number of aliphatic hydroxyl groups is 1. The van der Waals surface area contributed by atoms with Crippen LogP contribution in [0.15, 0.2) is 0 Å². The molecule has 1 N–H and O–H groups in total. The van der Waals surface area contributed by atoms with Gasteiger partial charge in [0.25, 0.3) is 0 Å². The zero-order chi connectivity index (χ0) is 15.4. The fourth-order valence-electron chi connectivity index (χ4n) is 2.45. The second-order valence-corrected chi connectivity index (χ2v) is 6.11. The third-order valence-electron chi connectivity index (χ3n) is 3.47. The van der Waals surface area contributed by atoms with Crippen LogP contribution >= 0.6 is 46.4 Å². The summed E-state index contributed by atoms with van der Waals surface area (Å²) in [6.07, 6.45) is 0. The maximum absolute atomic E-state index is 12.1. The van der Waals surface area contributed by atoms with E-state index in [0.717, 1.165) is 0 Å². The lowest BCUT2D eigenvalue weighted by Gasteiger charge is -2.37. The molecule has 0 amide bonds. The normalized spacial score (nSPS) is 25.9. The summed E-state index contributed by atoms with van der Waals surface area (Å²) in [6.45, 7) is 1.50. The Hall–Kier alpha value is -0.270. The molecule has 0 spiro atoms. The molecule has 0 bridgehead atoms. The molecule has 1 atom stereocenters. The van der Waals surface area contributed by atoms with E-state index in [0.29, 0.717) is 26.3 Å². The summed E-state index contributed by atoms with van der Waals surface area (Å²) in [6, 6.07) is 0.